The van der Waals surface area contributed by atoms with E-state index in [1.165, 1.54) is 18.2 Å². The molecule has 4 heterocycles. The van der Waals surface area contributed by atoms with E-state index in [0.717, 1.165) is 56.2 Å². The van der Waals surface area contributed by atoms with Crippen LogP contribution in [0, 0.1) is 6.92 Å². The molecule has 2 fully saturated rings. The van der Waals surface area contributed by atoms with Crippen LogP contribution >= 0.6 is 0 Å². The molecule has 6 nitrogen and oxygen atoms in total. The average molecular weight is 458 g/mol. The summed E-state index contributed by atoms with van der Waals surface area (Å²) in [4.78, 5) is 22.0. The third kappa shape index (κ3) is 4.05. The molecule has 33 heavy (non-hydrogen) atoms. The molecule has 5 rings (SSSR count). The Labute approximate surface area is 190 Å². The van der Waals surface area contributed by atoms with Crippen molar-refractivity contribution in [2.24, 2.45) is 0 Å². The van der Waals surface area contributed by atoms with Gasteiger partial charge in [-0.3, -0.25) is 4.79 Å². The van der Waals surface area contributed by atoms with E-state index in [4.69, 9.17) is 4.98 Å². The molecule has 0 spiro atoms. The lowest BCUT2D eigenvalue weighted by Gasteiger charge is -2.35. The summed E-state index contributed by atoms with van der Waals surface area (Å²) in [5.41, 5.74) is 1.16. The number of halogens is 3. The minimum atomic E-state index is -4.59. The number of hydrogen-bond acceptors (Lipinski definition) is 4. The highest BCUT2D eigenvalue weighted by Gasteiger charge is 2.38. The lowest BCUT2D eigenvalue weighted by molar-refractivity contribution is -0.138. The highest BCUT2D eigenvalue weighted by Crippen LogP contribution is 2.36. The predicted octanol–water partition coefficient (Wildman–Crippen LogP) is 5.02. The van der Waals surface area contributed by atoms with Crippen LogP contribution in [0.15, 0.2) is 36.5 Å². The Kier molecular flexibility index (Phi) is 5.50. The second kappa shape index (κ2) is 8.35. The number of benzene rings is 1. The normalized spacial score (nSPS) is 19.5. The Morgan fingerprint density at radius 1 is 1.06 bits per heavy atom. The number of likely N-dealkylation sites (tertiary alicyclic amines) is 1. The molecule has 1 aromatic carbocycles. The number of alkyl halides is 3. The zero-order valence-corrected chi connectivity index (χ0v) is 18.5. The van der Waals surface area contributed by atoms with Crippen LogP contribution < -0.4 is 4.90 Å². The predicted molar refractivity (Wildman–Crippen MR) is 118 cm³/mol. The fraction of sp³-hybridized carbons (Fsp3) is 0.458. The highest BCUT2D eigenvalue weighted by molar-refractivity contribution is 5.96. The third-order valence-electron chi connectivity index (χ3n) is 6.60. The number of nitrogens with zero attached hydrogens (tertiary/aromatic N) is 5. The van der Waals surface area contributed by atoms with Gasteiger partial charge in [-0.2, -0.15) is 18.3 Å². The van der Waals surface area contributed by atoms with Gasteiger partial charge in [0, 0.05) is 37.5 Å². The topological polar surface area (TPSA) is 53.7 Å². The standard InChI is InChI=1S/C24H26F3N5O/c1-16-15-32-21(28-22(16)30-11-6-7-12-30)14-19(29-32)20-10-4-5-13-31(20)23(33)17-8-2-3-9-18(17)24(25,26)27/h2-3,8-9,14-15,20H,4-7,10-13H2,1H3. The fourth-order valence-corrected chi connectivity index (χ4v) is 4.98. The van der Waals surface area contributed by atoms with E-state index in [0.29, 0.717) is 24.3 Å². The number of anilines is 1. The van der Waals surface area contributed by atoms with Crippen molar-refractivity contribution in [1.29, 1.82) is 0 Å². The van der Waals surface area contributed by atoms with E-state index in [1.54, 1.807) is 9.42 Å². The van der Waals surface area contributed by atoms with Gasteiger partial charge in [0.05, 0.1) is 22.9 Å². The average Bonchev–Trinajstić information content (AvgIpc) is 3.47. The summed E-state index contributed by atoms with van der Waals surface area (Å²) in [7, 11) is 0. The lowest BCUT2D eigenvalue weighted by atomic mass is 9.97. The SMILES string of the molecule is Cc1cn2nc(C3CCCCN3C(=O)c3ccccc3C(F)(F)F)cc2nc1N1CCCC1. The van der Waals surface area contributed by atoms with Crippen LogP contribution in [-0.2, 0) is 6.18 Å². The Morgan fingerprint density at radius 3 is 2.55 bits per heavy atom. The van der Waals surface area contributed by atoms with Crippen molar-refractivity contribution < 1.29 is 18.0 Å². The molecule has 2 aromatic heterocycles. The first kappa shape index (κ1) is 21.7. The number of fused-ring (bicyclic) bond motifs is 1. The van der Waals surface area contributed by atoms with Crippen LogP contribution in [0.25, 0.3) is 5.65 Å². The van der Waals surface area contributed by atoms with Gasteiger partial charge in [-0.25, -0.2) is 9.50 Å². The van der Waals surface area contributed by atoms with Gasteiger partial charge in [-0.05, 0) is 51.2 Å². The van der Waals surface area contributed by atoms with E-state index in [2.05, 4.69) is 10.00 Å². The number of amides is 1. The second-order valence-corrected chi connectivity index (χ2v) is 8.87. The first-order valence-corrected chi connectivity index (χ1v) is 11.4. The van der Waals surface area contributed by atoms with Crippen LogP contribution in [0.1, 0.15) is 65.3 Å². The Bertz CT molecular complexity index is 1180. The Morgan fingerprint density at radius 2 is 1.79 bits per heavy atom. The van der Waals surface area contributed by atoms with Gasteiger partial charge in [0.25, 0.3) is 5.91 Å². The van der Waals surface area contributed by atoms with Crippen molar-refractivity contribution in [3.8, 4) is 0 Å². The van der Waals surface area contributed by atoms with Crippen LogP contribution in [0.2, 0.25) is 0 Å². The first-order valence-electron chi connectivity index (χ1n) is 11.4. The summed E-state index contributed by atoms with van der Waals surface area (Å²) in [5, 5.41) is 4.68. The molecule has 1 atom stereocenters. The summed E-state index contributed by atoms with van der Waals surface area (Å²) in [6, 6.07) is 6.48. The fourth-order valence-electron chi connectivity index (χ4n) is 4.98. The smallest absolute Gasteiger partial charge is 0.356 e. The van der Waals surface area contributed by atoms with E-state index in [1.807, 2.05) is 19.2 Å². The number of piperidine rings is 1. The maximum atomic E-state index is 13.5. The molecule has 2 aliphatic heterocycles. The summed E-state index contributed by atoms with van der Waals surface area (Å²) in [5.74, 6) is 0.341. The molecule has 2 saturated heterocycles. The Hall–Kier alpha value is -3.10. The number of rotatable bonds is 3. The van der Waals surface area contributed by atoms with Gasteiger partial charge < -0.3 is 9.80 Å². The molecule has 0 radical (unpaired) electrons. The first-order chi connectivity index (χ1) is 15.8. The van der Waals surface area contributed by atoms with E-state index >= 15 is 0 Å². The van der Waals surface area contributed by atoms with E-state index in [9.17, 15) is 18.0 Å². The number of aryl methyl sites for hydroxylation is 1. The number of aromatic nitrogens is 3. The van der Waals surface area contributed by atoms with E-state index in [-0.39, 0.29) is 11.6 Å². The molecule has 174 valence electrons. The van der Waals surface area contributed by atoms with Crippen molar-refractivity contribution in [2.75, 3.05) is 24.5 Å². The maximum absolute atomic E-state index is 13.5. The van der Waals surface area contributed by atoms with E-state index < -0.39 is 17.6 Å². The second-order valence-electron chi connectivity index (χ2n) is 8.87. The minimum Gasteiger partial charge on any atom is -0.356 e. The molecular weight excluding hydrogens is 431 g/mol. The van der Waals surface area contributed by atoms with Gasteiger partial charge in [0.15, 0.2) is 5.65 Å². The van der Waals surface area contributed by atoms with Gasteiger partial charge in [-0.1, -0.05) is 12.1 Å². The summed E-state index contributed by atoms with van der Waals surface area (Å²) in [6.45, 7) is 4.37. The number of hydrogen-bond donors (Lipinski definition) is 0. The zero-order chi connectivity index (χ0) is 23.2. The van der Waals surface area contributed by atoms with Gasteiger partial charge in [0.2, 0.25) is 0 Å². The van der Waals surface area contributed by atoms with Crippen molar-refractivity contribution >= 4 is 17.4 Å². The molecule has 0 bridgehead atoms. The highest BCUT2D eigenvalue weighted by atomic mass is 19.4. The molecule has 2 aliphatic rings. The largest absolute Gasteiger partial charge is 0.417 e. The Balaban J connectivity index is 1.50. The van der Waals surface area contributed by atoms with Crippen LogP contribution in [0.5, 0.6) is 0 Å². The van der Waals surface area contributed by atoms with Gasteiger partial charge >= 0.3 is 6.18 Å². The molecule has 0 aliphatic carbocycles. The molecule has 0 N–H and O–H groups in total. The van der Waals surface area contributed by atoms with Crippen molar-refractivity contribution in [2.45, 2.75) is 51.2 Å². The van der Waals surface area contributed by atoms with Crippen LogP contribution in [0.4, 0.5) is 19.0 Å². The maximum Gasteiger partial charge on any atom is 0.417 e. The summed E-state index contributed by atoms with van der Waals surface area (Å²) in [6.07, 6.45) is 1.93. The van der Waals surface area contributed by atoms with Gasteiger partial charge in [0.1, 0.15) is 5.82 Å². The quantitative estimate of drug-likeness (QED) is 0.554. The van der Waals surface area contributed by atoms with Crippen LogP contribution in [0.3, 0.4) is 0 Å². The van der Waals surface area contributed by atoms with Crippen molar-refractivity contribution in [3.63, 3.8) is 0 Å². The lowest BCUT2D eigenvalue weighted by Crippen LogP contribution is -2.39. The van der Waals surface area contributed by atoms with Crippen molar-refractivity contribution in [1.82, 2.24) is 19.5 Å². The van der Waals surface area contributed by atoms with Crippen molar-refractivity contribution in [3.05, 3.63) is 58.9 Å². The number of carbonyl (C=O) groups excluding carboxylic acids is 1. The molecular formula is C24H26F3N5O. The van der Waals surface area contributed by atoms with Crippen LogP contribution in [-0.4, -0.2) is 45.0 Å². The minimum absolute atomic E-state index is 0.314. The number of carbonyl (C=O) groups is 1. The molecule has 0 saturated carbocycles. The molecule has 1 unspecified atom stereocenters. The molecule has 9 heteroatoms. The summed E-state index contributed by atoms with van der Waals surface area (Å²) < 4.78 is 42.3. The molecule has 3 aromatic rings. The summed E-state index contributed by atoms with van der Waals surface area (Å²) >= 11 is 0. The molecule has 1 amide bonds. The third-order valence-corrected chi connectivity index (χ3v) is 6.60. The van der Waals surface area contributed by atoms with Gasteiger partial charge in [-0.15, -0.1) is 0 Å². The zero-order valence-electron chi connectivity index (χ0n) is 18.5. The monoisotopic (exact) mass is 457 g/mol.